The van der Waals surface area contributed by atoms with Crippen LogP contribution in [0, 0.1) is 31.6 Å². The Morgan fingerprint density at radius 1 is 1.21 bits per heavy atom. The predicted molar refractivity (Wildman–Crippen MR) is 81.3 cm³/mol. The number of aryl methyl sites for hydroxylation is 2. The van der Waals surface area contributed by atoms with Crippen molar-refractivity contribution in [3.8, 4) is 0 Å². The molecule has 1 heteroatoms. The highest BCUT2D eigenvalue weighted by atomic mass is 14.9. The zero-order chi connectivity index (χ0) is 13.4. The first kappa shape index (κ1) is 13.2. The smallest absolute Gasteiger partial charge is 0.0294 e. The van der Waals surface area contributed by atoms with E-state index in [4.69, 9.17) is 0 Å². The lowest BCUT2D eigenvalue weighted by molar-refractivity contribution is 0.309. The van der Waals surface area contributed by atoms with Gasteiger partial charge in [0.15, 0.2) is 0 Å². The molecule has 2 aliphatic rings. The predicted octanol–water partition coefficient (Wildman–Crippen LogP) is 4.39. The lowest BCUT2D eigenvalue weighted by Gasteiger charge is -2.25. The van der Waals surface area contributed by atoms with Gasteiger partial charge in [0, 0.05) is 6.04 Å². The summed E-state index contributed by atoms with van der Waals surface area (Å²) < 4.78 is 0. The van der Waals surface area contributed by atoms with Crippen molar-refractivity contribution in [2.75, 3.05) is 6.54 Å². The molecule has 1 nitrogen and oxygen atoms in total. The zero-order valence-electron chi connectivity index (χ0n) is 12.6. The van der Waals surface area contributed by atoms with Gasteiger partial charge in [-0.05, 0) is 75.5 Å². The monoisotopic (exact) mass is 257 g/mol. The first-order valence-corrected chi connectivity index (χ1v) is 7.94. The molecule has 0 aromatic heterocycles. The van der Waals surface area contributed by atoms with Gasteiger partial charge in [-0.3, -0.25) is 0 Å². The van der Waals surface area contributed by atoms with Crippen LogP contribution in [-0.4, -0.2) is 6.54 Å². The molecular weight excluding hydrogens is 230 g/mol. The van der Waals surface area contributed by atoms with E-state index in [0.717, 1.165) is 17.8 Å². The lowest BCUT2D eigenvalue weighted by atomic mass is 9.88. The summed E-state index contributed by atoms with van der Waals surface area (Å²) in [5.41, 5.74) is 4.26. The van der Waals surface area contributed by atoms with E-state index in [1.165, 1.54) is 48.9 Å². The minimum Gasteiger partial charge on any atom is -0.310 e. The molecule has 4 unspecified atom stereocenters. The summed E-state index contributed by atoms with van der Waals surface area (Å²) in [5.74, 6) is 3.04. The molecule has 0 heterocycles. The van der Waals surface area contributed by atoms with Crippen molar-refractivity contribution in [1.29, 1.82) is 0 Å². The van der Waals surface area contributed by atoms with Crippen molar-refractivity contribution in [2.24, 2.45) is 17.8 Å². The first-order valence-electron chi connectivity index (χ1n) is 7.94. The molecule has 2 fully saturated rings. The molecule has 0 saturated heterocycles. The SMILES string of the molecule is Cc1ccc(C)c(C(C)NCC2CC3CCC2C3)c1. The van der Waals surface area contributed by atoms with Gasteiger partial charge in [-0.2, -0.15) is 0 Å². The fraction of sp³-hybridized carbons (Fsp3) is 0.667. The van der Waals surface area contributed by atoms with Gasteiger partial charge in [0.1, 0.15) is 0 Å². The van der Waals surface area contributed by atoms with Crippen LogP contribution in [0.5, 0.6) is 0 Å². The Kier molecular flexibility index (Phi) is 3.66. The van der Waals surface area contributed by atoms with E-state index < -0.39 is 0 Å². The number of hydrogen-bond donors (Lipinski definition) is 1. The molecule has 2 bridgehead atoms. The van der Waals surface area contributed by atoms with E-state index in [2.05, 4.69) is 44.3 Å². The Balaban J connectivity index is 1.59. The lowest BCUT2D eigenvalue weighted by Crippen LogP contribution is -2.29. The van der Waals surface area contributed by atoms with Crippen LogP contribution < -0.4 is 5.32 Å². The molecule has 2 saturated carbocycles. The van der Waals surface area contributed by atoms with E-state index in [0.29, 0.717) is 6.04 Å². The summed E-state index contributed by atoms with van der Waals surface area (Å²) in [5, 5.41) is 3.79. The normalized spacial score (nSPS) is 30.8. The standard InChI is InChI=1S/C18H27N/c1-12-4-5-13(2)18(8-12)14(3)19-11-17-10-15-6-7-16(17)9-15/h4-5,8,14-17,19H,6-7,9-11H2,1-3H3. The minimum atomic E-state index is 0.485. The van der Waals surface area contributed by atoms with Gasteiger partial charge in [-0.15, -0.1) is 0 Å². The van der Waals surface area contributed by atoms with Gasteiger partial charge in [0.25, 0.3) is 0 Å². The van der Waals surface area contributed by atoms with Crippen LogP contribution in [0.2, 0.25) is 0 Å². The highest BCUT2D eigenvalue weighted by Gasteiger charge is 2.39. The van der Waals surface area contributed by atoms with Crippen LogP contribution in [0.1, 0.15) is 55.3 Å². The summed E-state index contributed by atoms with van der Waals surface area (Å²) in [7, 11) is 0. The van der Waals surface area contributed by atoms with Gasteiger partial charge in [0.05, 0.1) is 0 Å². The largest absolute Gasteiger partial charge is 0.310 e. The summed E-state index contributed by atoms with van der Waals surface area (Å²) in [6.07, 6.45) is 6.00. The zero-order valence-corrected chi connectivity index (χ0v) is 12.6. The molecule has 0 radical (unpaired) electrons. The molecule has 0 amide bonds. The Hall–Kier alpha value is -0.820. The maximum atomic E-state index is 3.79. The fourth-order valence-electron chi connectivity index (χ4n) is 4.29. The number of fused-ring (bicyclic) bond motifs is 2. The first-order chi connectivity index (χ1) is 9.13. The summed E-state index contributed by atoms with van der Waals surface area (Å²) in [6, 6.07) is 7.29. The van der Waals surface area contributed by atoms with E-state index >= 15 is 0 Å². The summed E-state index contributed by atoms with van der Waals surface area (Å²) in [6.45, 7) is 7.95. The number of nitrogens with one attached hydrogen (secondary N) is 1. The molecule has 2 aliphatic carbocycles. The summed E-state index contributed by atoms with van der Waals surface area (Å²) >= 11 is 0. The number of rotatable bonds is 4. The molecule has 1 aromatic rings. The maximum absolute atomic E-state index is 3.79. The molecule has 1 N–H and O–H groups in total. The third kappa shape index (κ3) is 2.72. The van der Waals surface area contributed by atoms with Gasteiger partial charge in [-0.1, -0.05) is 30.2 Å². The van der Waals surface area contributed by atoms with E-state index in [-0.39, 0.29) is 0 Å². The fourth-order valence-corrected chi connectivity index (χ4v) is 4.29. The Labute approximate surface area is 117 Å². The molecule has 19 heavy (non-hydrogen) atoms. The highest BCUT2D eigenvalue weighted by Crippen LogP contribution is 2.48. The van der Waals surface area contributed by atoms with Crippen LogP contribution in [0.3, 0.4) is 0 Å². The second kappa shape index (κ2) is 5.28. The Morgan fingerprint density at radius 2 is 2.05 bits per heavy atom. The molecule has 0 aliphatic heterocycles. The van der Waals surface area contributed by atoms with E-state index in [1.54, 1.807) is 0 Å². The van der Waals surface area contributed by atoms with Gasteiger partial charge < -0.3 is 5.32 Å². The van der Waals surface area contributed by atoms with Crippen LogP contribution in [0.4, 0.5) is 0 Å². The van der Waals surface area contributed by atoms with Crippen LogP contribution >= 0.6 is 0 Å². The maximum Gasteiger partial charge on any atom is 0.0294 e. The van der Waals surface area contributed by atoms with Crippen molar-refractivity contribution in [3.05, 3.63) is 34.9 Å². The van der Waals surface area contributed by atoms with Gasteiger partial charge >= 0.3 is 0 Å². The average molecular weight is 257 g/mol. The number of hydrogen-bond acceptors (Lipinski definition) is 1. The van der Waals surface area contributed by atoms with Gasteiger partial charge in [-0.25, -0.2) is 0 Å². The van der Waals surface area contributed by atoms with Crippen molar-refractivity contribution >= 4 is 0 Å². The van der Waals surface area contributed by atoms with E-state index in [9.17, 15) is 0 Å². The molecule has 104 valence electrons. The minimum absolute atomic E-state index is 0.485. The topological polar surface area (TPSA) is 12.0 Å². The molecule has 3 rings (SSSR count). The Morgan fingerprint density at radius 3 is 2.74 bits per heavy atom. The van der Waals surface area contributed by atoms with Crippen LogP contribution in [-0.2, 0) is 0 Å². The third-order valence-electron chi connectivity index (χ3n) is 5.47. The molecule has 4 atom stereocenters. The Bertz CT molecular complexity index is 451. The highest BCUT2D eigenvalue weighted by molar-refractivity contribution is 5.32. The molecular formula is C18H27N. The second-order valence-corrected chi connectivity index (χ2v) is 6.92. The second-order valence-electron chi connectivity index (χ2n) is 6.92. The van der Waals surface area contributed by atoms with Crippen molar-refractivity contribution < 1.29 is 0 Å². The molecule has 1 aromatic carbocycles. The quantitative estimate of drug-likeness (QED) is 0.843. The summed E-state index contributed by atoms with van der Waals surface area (Å²) in [4.78, 5) is 0. The number of benzene rings is 1. The van der Waals surface area contributed by atoms with Crippen molar-refractivity contribution in [1.82, 2.24) is 5.32 Å². The molecule has 0 spiro atoms. The van der Waals surface area contributed by atoms with Gasteiger partial charge in [0.2, 0.25) is 0 Å². The third-order valence-corrected chi connectivity index (χ3v) is 5.47. The van der Waals surface area contributed by atoms with E-state index in [1.807, 2.05) is 0 Å². The van der Waals surface area contributed by atoms with Crippen LogP contribution in [0.15, 0.2) is 18.2 Å². The average Bonchev–Trinajstić information content (AvgIpc) is 3.01. The van der Waals surface area contributed by atoms with Crippen molar-refractivity contribution in [3.63, 3.8) is 0 Å². The van der Waals surface area contributed by atoms with Crippen molar-refractivity contribution in [2.45, 2.75) is 52.5 Å². The van der Waals surface area contributed by atoms with Crippen LogP contribution in [0.25, 0.3) is 0 Å².